The first-order valence-corrected chi connectivity index (χ1v) is 6.68. The second kappa shape index (κ2) is 4.87. The molecule has 1 aromatic carbocycles. The van der Waals surface area contributed by atoms with E-state index in [-0.39, 0.29) is 4.90 Å². The number of terminal acetylenes is 1. The second-order valence-corrected chi connectivity index (χ2v) is 5.74. The summed E-state index contributed by atoms with van der Waals surface area (Å²) >= 11 is 3.14. The molecule has 0 fully saturated rings. The zero-order valence-electron chi connectivity index (χ0n) is 8.57. The number of anilines is 1. The lowest BCUT2D eigenvalue weighted by Crippen LogP contribution is -2.31. The maximum Gasteiger partial charge on any atom is 0.242 e. The molecule has 1 unspecified atom stereocenters. The predicted octanol–water partition coefficient (Wildman–Crippen LogP) is 1.33. The fraction of sp³-hybridized carbons (Fsp3) is 0.200. The molecule has 0 spiro atoms. The van der Waals surface area contributed by atoms with Gasteiger partial charge in [-0.15, -0.1) is 6.42 Å². The third kappa shape index (κ3) is 2.98. The number of rotatable bonds is 3. The van der Waals surface area contributed by atoms with Gasteiger partial charge in [0.25, 0.3) is 0 Å². The summed E-state index contributed by atoms with van der Waals surface area (Å²) in [6, 6.07) is 3.90. The normalized spacial score (nSPS) is 13.1. The summed E-state index contributed by atoms with van der Waals surface area (Å²) < 4.78 is 26.5. The van der Waals surface area contributed by atoms with Crippen molar-refractivity contribution in [3.8, 4) is 12.3 Å². The molecule has 86 valence electrons. The number of hydrogen-bond acceptors (Lipinski definition) is 3. The summed E-state index contributed by atoms with van der Waals surface area (Å²) in [7, 11) is -3.61. The fourth-order valence-electron chi connectivity index (χ4n) is 1.07. The molecule has 0 heterocycles. The molecule has 0 saturated heterocycles. The van der Waals surface area contributed by atoms with Gasteiger partial charge in [0.2, 0.25) is 10.0 Å². The summed E-state index contributed by atoms with van der Waals surface area (Å²) in [5, 5.41) is 0. The Morgan fingerprint density at radius 3 is 2.69 bits per heavy atom. The van der Waals surface area contributed by atoms with Crippen molar-refractivity contribution in [2.45, 2.75) is 17.9 Å². The van der Waals surface area contributed by atoms with Gasteiger partial charge in [0.15, 0.2) is 0 Å². The van der Waals surface area contributed by atoms with Crippen LogP contribution in [0.5, 0.6) is 0 Å². The number of halogens is 1. The molecule has 0 aliphatic rings. The van der Waals surface area contributed by atoms with Crippen LogP contribution in [-0.2, 0) is 10.0 Å². The molecule has 0 saturated carbocycles. The largest absolute Gasteiger partial charge is 0.399 e. The van der Waals surface area contributed by atoms with E-state index < -0.39 is 16.1 Å². The zero-order chi connectivity index (χ0) is 12.3. The van der Waals surface area contributed by atoms with Gasteiger partial charge in [-0.25, -0.2) is 8.42 Å². The summed E-state index contributed by atoms with van der Waals surface area (Å²) in [4.78, 5) is 0.115. The maximum atomic E-state index is 11.9. The number of nitrogens with two attached hydrogens (primary N) is 1. The SMILES string of the molecule is C#CC(C)NS(=O)(=O)c1ccc(N)cc1Br. The van der Waals surface area contributed by atoms with Crippen LogP contribution < -0.4 is 10.5 Å². The Morgan fingerprint density at radius 1 is 1.56 bits per heavy atom. The molecule has 4 nitrogen and oxygen atoms in total. The molecule has 3 N–H and O–H groups in total. The Kier molecular flexibility index (Phi) is 3.97. The molecular weight excluding hydrogens is 292 g/mol. The molecule has 0 aliphatic carbocycles. The summed E-state index contributed by atoms with van der Waals surface area (Å²) in [6.45, 7) is 1.59. The highest BCUT2D eigenvalue weighted by Gasteiger charge is 2.19. The van der Waals surface area contributed by atoms with E-state index in [2.05, 4.69) is 26.6 Å². The molecule has 1 atom stereocenters. The van der Waals surface area contributed by atoms with Crippen molar-refractivity contribution in [3.63, 3.8) is 0 Å². The van der Waals surface area contributed by atoms with Crippen LogP contribution in [0.2, 0.25) is 0 Å². The number of hydrogen-bond donors (Lipinski definition) is 2. The molecule has 1 aromatic rings. The number of nitrogen functional groups attached to an aromatic ring is 1. The van der Waals surface area contributed by atoms with Gasteiger partial charge < -0.3 is 5.73 Å². The van der Waals surface area contributed by atoms with E-state index in [1.165, 1.54) is 18.2 Å². The Labute approximate surface area is 103 Å². The molecule has 0 radical (unpaired) electrons. The van der Waals surface area contributed by atoms with Crippen LogP contribution in [0, 0.1) is 12.3 Å². The van der Waals surface area contributed by atoms with Gasteiger partial charge >= 0.3 is 0 Å². The smallest absolute Gasteiger partial charge is 0.242 e. The lowest BCUT2D eigenvalue weighted by molar-refractivity contribution is 0.577. The first-order valence-electron chi connectivity index (χ1n) is 4.40. The Morgan fingerprint density at radius 2 is 2.19 bits per heavy atom. The lowest BCUT2D eigenvalue weighted by atomic mass is 10.3. The average Bonchev–Trinajstić information content (AvgIpc) is 2.16. The first-order chi connectivity index (χ1) is 7.36. The highest BCUT2D eigenvalue weighted by Crippen LogP contribution is 2.24. The lowest BCUT2D eigenvalue weighted by Gasteiger charge is -2.10. The molecule has 0 aliphatic heterocycles. The van der Waals surface area contributed by atoms with E-state index in [1.54, 1.807) is 6.92 Å². The zero-order valence-corrected chi connectivity index (χ0v) is 11.0. The number of benzene rings is 1. The first kappa shape index (κ1) is 13.0. The van der Waals surface area contributed by atoms with Crippen LogP contribution in [0.4, 0.5) is 5.69 Å². The van der Waals surface area contributed by atoms with Gasteiger partial charge in [0, 0.05) is 10.2 Å². The minimum Gasteiger partial charge on any atom is -0.399 e. The quantitative estimate of drug-likeness (QED) is 0.653. The van der Waals surface area contributed by atoms with Crippen LogP contribution in [0.25, 0.3) is 0 Å². The van der Waals surface area contributed by atoms with Crippen LogP contribution in [0.3, 0.4) is 0 Å². The summed E-state index contributed by atoms with van der Waals surface area (Å²) in [6.07, 6.45) is 5.11. The Bertz CT molecular complexity index is 534. The Balaban J connectivity index is 3.14. The van der Waals surface area contributed by atoms with E-state index in [0.29, 0.717) is 10.2 Å². The van der Waals surface area contributed by atoms with E-state index in [9.17, 15) is 8.42 Å². The van der Waals surface area contributed by atoms with Crippen molar-refractivity contribution >= 4 is 31.6 Å². The minimum atomic E-state index is -3.61. The van der Waals surface area contributed by atoms with Crippen LogP contribution in [0.15, 0.2) is 27.6 Å². The molecule has 16 heavy (non-hydrogen) atoms. The van der Waals surface area contributed by atoms with Crippen molar-refractivity contribution in [2.75, 3.05) is 5.73 Å². The van der Waals surface area contributed by atoms with Crippen molar-refractivity contribution in [2.24, 2.45) is 0 Å². The average molecular weight is 303 g/mol. The summed E-state index contributed by atoms with van der Waals surface area (Å²) in [5.41, 5.74) is 6.00. The third-order valence-electron chi connectivity index (χ3n) is 1.83. The molecule has 1 rings (SSSR count). The highest BCUT2D eigenvalue weighted by molar-refractivity contribution is 9.10. The third-order valence-corrected chi connectivity index (χ3v) is 4.34. The summed E-state index contributed by atoms with van der Waals surface area (Å²) in [5.74, 6) is 2.29. The van der Waals surface area contributed by atoms with Gasteiger partial charge in [-0.3, -0.25) is 0 Å². The van der Waals surface area contributed by atoms with Gasteiger partial charge in [-0.1, -0.05) is 5.92 Å². The van der Waals surface area contributed by atoms with Crippen LogP contribution in [-0.4, -0.2) is 14.5 Å². The second-order valence-electron chi connectivity index (χ2n) is 3.20. The van der Waals surface area contributed by atoms with Crippen molar-refractivity contribution in [3.05, 3.63) is 22.7 Å². The number of nitrogens with one attached hydrogen (secondary N) is 1. The number of sulfonamides is 1. The van der Waals surface area contributed by atoms with Crippen LogP contribution >= 0.6 is 15.9 Å². The topological polar surface area (TPSA) is 72.2 Å². The van der Waals surface area contributed by atoms with Gasteiger partial charge in [-0.05, 0) is 41.1 Å². The van der Waals surface area contributed by atoms with Gasteiger partial charge in [0.1, 0.15) is 0 Å². The standard InChI is InChI=1S/C10H11BrN2O2S/c1-3-7(2)13-16(14,15)10-5-4-8(12)6-9(10)11/h1,4-7,13H,12H2,2H3. The van der Waals surface area contributed by atoms with Crippen LogP contribution in [0.1, 0.15) is 6.92 Å². The van der Waals surface area contributed by atoms with Crippen molar-refractivity contribution < 1.29 is 8.42 Å². The van der Waals surface area contributed by atoms with Gasteiger partial charge in [0.05, 0.1) is 10.9 Å². The van der Waals surface area contributed by atoms with E-state index in [4.69, 9.17) is 12.2 Å². The monoisotopic (exact) mass is 302 g/mol. The Hall–Kier alpha value is -1.03. The molecule has 0 aromatic heterocycles. The van der Waals surface area contributed by atoms with Crippen molar-refractivity contribution in [1.29, 1.82) is 0 Å². The molecular formula is C10H11BrN2O2S. The van der Waals surface area contributed by atoms with E-state index in [1.807, 2.05) is 0 Å². The van der Waals surface area contributed by atoms with E-state index >= 15 is 0 Å². The molecule has 0 bridgehead atoms. The molecule has 6 heteroatoms. The minimum absolute atomic E-state index is 0.115. The predicted molar refractivity (Wildman–Crippen MR) is 67.2 cm³/mol. The van der Waals surface area contributed by atoms with E-state index in [0.717, 1.165) is 0 Å². The maximum absolute atomic E-state index is 11.9. The molecule has 0 amide bonds. The fourth-order valence-corrected chi connectivity index (χ4v) is 3.32. The highest BCUT2D eigenvalue weighted by atomic mass is 79.9. The van der Waals surface area contributed by atoms with Gasteiger partial charge in [-0.2, -0.15) is 4.72 Å². The van der Waals surface area contributed by atoms with Crippen molar-refractivity contribution in [1.82, 2.24) is 4.72 Å².